The molecule has 3 heterocycles. The number of amides is 1. The van der Waals surface area contributed by atoms with Gasteiger partial charge in [0.2, 0.25) is 5.91 Å². The summed E-state index contributed by atoms with van der Waals surface area (Å²) in [6.45, 7) is 1.24. The molecule has 1 saturated carbocycles. The van der Waals surface area contributed by atoms with E-state index in [0.29, 0.717) is 19.1 Å². The van der Waals surface area contributed by atoms with Crippen LogP contribution >= 0.6 is 0 Å². The fraction of sp³-hybridized carbons (Fsp3) is 0.261. The van der Waals surface area contributed by atoms with Gasteiger partial charge in [0.25, 0.3) is 0 Å². The number of nitrogens with zero attached hydrogens (tertiary/aromatic N) is 2. The summed E-state index contributed by atoms with van der Waals surface area (Å²) in [5.41, 5.74) is 12.1. The number of hydrogen-bond acceptors (Lipinski definition) is 6. The van der Waals surface area contributed by atoms with Crippen LogP contribution < -0.4 is 21.1 Å². The monoisotopic (exact) mass is 414 g/mol. The number of H-pyrrole nitrogens is 1. The van der Waals surface area contributed by atoms with Crippen molar-refractivity contribution in [1.82, 2.24) is 15.0 Å². The summed E-state index contributed by atoms with van der Waals surface area (Å²) in [4.78, 5) is 24.3. The first kappa shape index (κ1) is 18.0. The number of benzene rings is 2. The predicted octanol–water partition coefficient (Wildman–Crippen LogP) is 3.26. The molecule has 8 nitrogen and oxygen atoms in total. The molecule has 2 aliphatic rings. The third kappa shape index (κ3) is 3.11. The van der Waals surface area contributed by atoms with Gasteiger partial charge in [-0.25, -0.2) is 0 Å². The summed E-state index contributed by atoms with van der Waals surface area (Å²) in [5, 5.41) is 7.84. The first-order valence-electron chi connectivity index (χ1n) is 10.5. The van der Waals surface area contributed by atoms with Crippen molar-refractivity contribution in [2.75, 3.05) is 23.8 Å². The fourth-order valence-corrected chi connectivity index (χ4v) is 4.37. The second-order valence-corrected chi connectivity index (χ2v) is 8.17. The molecule has 6 rings (SSSR count). The number of carbonyl (C=O) groups excluding carboxylic acids is 1. The van der Waals surface area contributed by atoms with Crippen molar-refractivity contribution in [2.24, 2.45) is 11.7 Å². The number of nitrogens with one attached hydrogen (secondary N) is 3. The lowest BCUT2D eigenvalue weighted by molar-refractivity contribution is -0.119. The minimum Gasteiger partial charge on any atom is -0.491 e. The number of rotatable bonds is 5. The molecule has 0 unspecified atom stereocenters. The third-order valence-corrected chi connectivity index (χ3v) is 6.00. The molecule has 0 radical (unpaired) electrons. The van der Waals surface area contributed by atoms with Crippen LogP contribution in [0.4, 0.5) is 11.4 Å². The van der Waals surface area contributed by atoms with E-state index in [1.165, 1.54) is 0 Å². The Morgan fingerprint density at radius 2 is 2.00 bits per heavy atom. The highest BCUT2D eigenvalue weighted by molar-refractivity contribution is 6.07. The number of aromatic nitrogens is 3. The molecule has 1 amide bonds. The molecule has 2 aromatic heterocycles. The maximum absolute atomic E-state index is 11.9. The van der Waals surface area contributed by atoms with Gasteiger partial charge < -0.3 is 26.1 Å². The molecule has 4 aromatic rings. The Hall–Kier alpha value is -3.81. The van der Waals surface area contributed by atoms with Gasteiger partial charge in [0, 0.05) is 36.3 Å². The van der Waals surface area contributed by atoms with Crippen LogP contribution in [-0.2, 0) is 4.79 Å². The number of anilines is 2. The number of nitrogens with two attached hydrogens (primary N) is 1. The molecule has 8 heteroatoms. The van der Waals surface area contributed by atoms with E-state index in [9.17, 15) is 4.79 Å². The number of ether oxygens (including phenoxy) is 1. The number of hydrogen-bond donors (Lipinski definition) is 4. The molecule has 31 heavy (non-hydrogen) atoms. The van der Waals surface area contributed by atoms with Gasteiger partial charge in [-0.15, -0.1) is 0 Å². The van der Waals surface area contributed by atoms with Crippen molar-refractivity contribution in [3.63, 3.8) is 0 Å². The average molecular weight is 414 g/mol. The van der Waals surface area contributed by atoms with Gasteiger partial charge in [-0.1, -0.05) is 6.07 Å². The average Bonchev–Trinajstić information content (AvgIpc) is 3.57. The van der Waals surface area contributed by atoms with Crippen molar-refractivity contribution in [3.05, 3.63) is 42.7 Å². The maximum atomic E-state index is 11.9. The number of fused-ring (bicyclic) bond motifs is 1. The van der Waals surface area contributed by atoms with Crippen LogP contribution in [0, 0.1) is 5.92 Å². The van der Waals surface area contributed by atoms with Crippen LogP contribution in [0.5, 0.6) is 5.75 Å². The quantitative estimate of drug-likeness (QED) is 0.398. The Morgan fingerprint density at radius 3 is 2.81 bits per heavy atom. The van der Waals surface area contributed by atoms with Crippen molar-refractivity contribution < 1.29 is 9.53 Å². The number of carbonyl (C=O) groups is 1. The minimum absolute atomic E-state index is 0.309. The van der Waals surface area contributed by atoms with Crippen molar-refractivity contribution >= 4 is 39.2 Å². The zero-order valence-corrected chi connectivity index (χ0v) is 16.8. The molecule has 1 fully saturated rings. The summed E-state index contributed by atoms with van der Waals surface area (Å²) in [6.07, 6.45) is 5.44. The van der Waals surface area contributed by atoms with E-state index >= 15 is 0 Å². The fourth-order valence-electron chi connectivity index (χ4n) is 4.37. The summed E-state index contributed by atoms with van der Waals surface area (Å²) in [6, 6.07) is 9.67. The Labute approximate surface area is 178 Å². The Morgan fingerprint density at radius 1 is 1.16 bits per heavy atom. The number of aromatic amines is 1. The molecule has 0 saturated heterocycles. The number of primary amides is 1. The Bertz CT molecular complexity index is 1330. The van der Waals surface area contributed by atoms with Gasteiger partial charge in [0.15, 0.2) is 0 Å². The smallest absolute Gasteiger partial charge is 0.240 e. The zero-order valence-electron chi connectivity index (χ0n) is 16.8. The summed E-state index contributed by atoms with van der Waals surface area (Å²) in [5.74, 6) is 0.770. The van der Waals surface area contributed by atoms with Crippen LogP contribution in [0.1, 0.15) is 12.8 Å². The first-order chi connectivity index (χ1) is 15.2. The molecule has 5 N–H and O–H groups in total. The molecule has 0 spiro atoms. The normalized spacial score (nSPS) is 16.4. The highest BCUT2D eigenvalue weighted by Gasteiger charge is 2.35. The lowest BCUT2D eigenvalue weighted by Gasteiger charge is -2.17. The molecule has 0 bridgehead atoms. The topological polar surface area (TPSA) is 118 Å². The van der Waals surface area contributed by atoms with Crippen LogP contribution in [0.3, 0.4) is 0 Å². The maximum Gasteiger partial charge on any atom is 0.240 e. The second kappa shape index (κ2) is 6.87. The first-order valence-corrected chi connectivity index (χ1v) is 10.5. The van der Waals surface area contributed by atoms with Gasteiger partial charge >= 0.3 is 0 Å². The molecule has 2 aromatic carbocycles. The Balaban J connectivity index is 1.48. The molecule has 156 valence electrons. The van der Waals surface area contributed by atoms with Crippen LogP contribution in [0.15, 0.2) is 42.7 Å². The van der Waals surface area contributed by atoms with E-state index in [-0.39, 0.29) is 11.9 Å². The van der Waals surface area contributed by atoms with E-state index < -0.39 is 0 Å². The highest BCUT2D eigenvalue weighted by atomic mass is 16.5. The molecular weight excluding hydrogens is 392 g/mol. The summed E-state index contributed by atoms with van der Waals surface area (Å²) in [7, 11) is 0. The third-order valence-electron chi connectivity index (χ3n) is 6.00. The minimum atomic E-state index is -0.360. The van der Waals surface area contributed by atoms with E-state index in [1.807, 2.05) is 30.3 Å². The standard InChI is InChI=1S/C23H22N6O2/c24-23(30)21(12-1-2-12)28-14-10-17-19-18(11-14)31-8-7-27-22(19)20(29-17)13-3-4-15-16(9-13)26-6-5-25-15/h3-6,9-12,21,27-29H,1-2,7-8H2,(H2,24,30)/t21-/m0/s1. The summed E-state index contributed by atoms with van der Waals surface area (Å²) >= 11 is 0. The van der Waals surface area contributed by atoms with Crippen molar-refractivity contribution in [1.29, 1.82) is 0 Å². The van der Waals surface area contributed by atoms with Crippen LogP contribution in [0.2, 0.25) is 0 Å². The SMILES string of the molecule is NC(=O)[C@@H](Nc1cc2c3c(c(-c4ccc5nccnc5c4)[nH]c3c1)NCCO2)C1CC1. The lowest BCUT2D eigenvalue weighted by Crippen LogP contribution is -2.37. The lowest BCUT2D eigenvalue weighted by atomic mass is 10.1. The largest absolute Gasteiger partial charge is 0.491 e. The van der Waals surface area contributed by atoms with E-state index in [4.69, 9.17) is 10.5 Å². The van der Waals surface area contributed by atoms with Gasteiger partial charge in [-0.3, -0.25) is 14.8 Å². The molecule has 1 atom stereocenters. The van der Waals surface area contributed by atoms with E-state index in [2.05, 4.69) is 25.6 Å². The van der Waals surface area contributed by atoms with E-state index in [0.717, 1.165) is 63.2 Å². The van der Waals surface area contributed by atoms with Gasteiger partial charge in [-0.2, -0.15) is 0 Å². The van der Waals surface area contributed by atoms with Crippen molar-refractivity contribution in [2.45, 2.75) is 18.9 Å². The van der Waals surface area contributed by atoms with Gasteiger partial charge in [0.05, 0.1) is 33.3 Å². The van der Waals surface area contributed by atoms with Crippen LogP contribution in [-0.4, -0.2) is 40.1 Å². The summed E-state index contributed by atoms with van der Waals surface area (Å²) < 4.78 is 6.04. The van der Waals surface area contributed by atoms with Crippen molar-refractivity contribution in [3.8, 4) is 17.0 Å². The van der Waals surface area contributed by atoms with Gasteiger partial charge in [-0.05, 0) is 37.0 Å². The molecule has 1 aliphatic heterocycles. The molecule has 1 aliphatic carbocycles. The van der Waals surface area contributed by atoms with E-state index in [1.54, 1.807) is 12.4 Å². The predicted molar refractivity (Wildman–Crippen MR) is 120 cm³/mol. The van der Waals surface area contributed by atoms with Gasteiger partial charge in [0.1, 0.15) is 18.4 Å². The molecular formula is C23H22N6O2. The zero-order chi connectivity index (χ0) is 20.9. The van der Waals surface area contributed by atoms with Crippen LogP contribution in [0.25, 0.3) is 33.2 Å². The highest BCUT2D eigenvalue weighted by Crippen LogP contribution is 2.43. The Kier molecular flexibility index (Phi) is 3.99. The second-order valence-electron chi connectivity index (χ2n) is 8.17.